The van der Waals surface area contributed by atoms with Crippen LogP contribution < -0.4 is 0 Å². The Morgan fingerprint density at radius 2 is 1.80 bits per heavy atom. The third-order valence-electron chi connectivity index (χ3n) is 4.83. The van der Waals surface area contributed by atoms with Gasteiger partial charge in [-0.25, -0.2) is 0 Å². The molecule has 1 aliphatic rings. The number of hydrogen-bond donors (Lipinski definition) is 0. The van der Waals surface area contributed by atoms with Crippen LogP contribution in [0.15, 0.2) is 18.2 Å². The van der Waals surface area contributed by atoms with Crippen molar-refractivity contribution < 1.29 is 4.79 Å². The van der Waals surface area contributed by atoms with Crippen LogP contribution in [0.2, 0.25) is 0 Å². The first-order valence-electron chi connectivity index (χ1n) is 7.78. The molecule has 0 amide bonds. The van der Waals surface area contributed by atoms with Crippen LogP contribution in [0.1, 0.15) is 54.1 Å². The SMILES string of the molecule is Cc1ccc(C(=O)CN(C)C2CCC(C)CC2)cc1C. The molecule has 0 aromatic heterocycles. The Bertz CT molecular complexity index is 472. The lowest BCUT2D eigenvalue weighted by Crippen LogP contribution is -2.38. The van der Waals surface area contributed by atoms with Gasteiger partial charge < -0.3 is 0 Å². The average Bonchev–Trinajstić information content (AvgIpc) is 2.42. The second-order valence-electron chi connectivity index (χ2n) is 6.55. The molecule has 2 heteroatoms. The molecule has 0 unspecified atom stereocenters. The summed E-state index contributed by atoms with van der Waals surface area (Å²) in [7, 11) is 2.10. The van der Waals surface area contributed by atoms with Gasteiger partial charge in [-0.3, -0.25) is 9.69 Å². The first-order valence-corrected chi connectivity index (χ1v) is 7.78. The van der Waals surface area contributed by atoms with Crippen molar-refractivity contribution in [2.45, 2.75) is 52.5 Å². The number of benzene rings is 1. The summed E-state index contributed by atoms with van der Waals surface area (Å²) in [6.45, 7) is 7.02. The summed E-state index contributed by atoms with van der Waals surface area (Å²) in [6.07, 6.45) is 5.06. The lowest BCUT2D eigenvalue weighted by molar-refractivity contribution is 0.0888. The predicted octanol–water partition coefficient (Wildman–Crippen LogP) is 4.00. The van der Waals surface area contributed by atoms with Crippen LogP contribution in [0.5, 0.6) is 0 Å². The molecule has 1 aromatic rings. The van der Waals surface area contributed by atoms with Gasteiger partial charge in [-0.2, -0.15) is 0 Å². The molecule has 1 aromatic carbocycles. The number of aryl methyl sites for hydroxylation is 2. The molecule has 0 N–H and O–H groups in total. The van der Waals surface area contributed by atoms with E-state index in [-0.39, 0.29) is 5.78 Å². The van der Waals surface area contributed by atoms with Crippen molar-refractivity contribution >= 4 is 5.78 Å². The molecule has 2 rings (SSSR count). The number of carbonyl (C=O) groups excluding carboxylic acids is 1. The number of ketones is 1. The van der Waals surface area contributed by atoms with Crippen molar-refractivity contribution in [3.8, 4) is 0 Å². The van der Waals surface area contributed by atoms with E-state index >= 15 is 0 Å². The van der Waals surface area contributed by atoms with Crippen LogP contribution in [-0.2, 0) is 0 Å². The highest BCUT2D eigenvalue weighted by Gasteiger charge is 2.23. The molecule has 0 aliphatic heterocycles. The summed E-state index contributed by atoms with van der Waals surface area (Å²) >= 11 is 0. The van der Waals surface area contributed by atoms with Crippen LogP contribution in [0.4, 0.5) is 0 Å². The number of Topliss-reactive ketones (excluding diaryl/α,β-unsaturated/α-hetero) is 1. The maximum Gasteiger partial charge on any atom is 0.176 e. The summed E-state index contributed by atoms with van der Waals surface area (Å²) < 4.78 is 0. The molecular weight excluding hydrogens is 246 g/mol. The quantitative estimate of drug-likeness (QED) is 0.773. The summed E-state index contributed by atoms with van der Waals surface area (Å²) in [6, 6.07) is 6.61. The van der Waals surface area contributed by atoms with E-state index in [0.717, 1.165) is 11.5 Å². The topological polar surface area (TPSA) is 20.3 Å². The summed E-state index contributed by atoms with van der Waals surface area (Å²) in [5.74, 6) is 1.10. The van der Waals surface area contributed by atoms with Crippen molar-refractivity contribution in [1.82, 2.24) is 4.90 Å². The van der Waals surface area contributed by atoms with E-state index in [1.807, 2.05) is 18.2 Å². The van der Waals surface area contributed by atoms with Crippen molar-refractivity contribution in [3.63, 3.8) is 0 Å². The van der Waals surface area contributed by atoms with Crippen LogP contribution in [0.3, 0.4) is 0 Å². The second-order valence-corrected chi connectivity index (χ2v) is 6.55. The Morgan fingerprint density at radius 3 is 2.40 bits per heavy atom. The third-order valence-corrected chi connectivity index (χ3v) is 4.83. The standard InChI is InChI=1S/C18H27NO/c1-13-5-9-17(10-6-13)19(4)12-18(20)16-8-7-14(2)15(3)11-16/h7-8,11,13,17H,5-6,9-10,12H2,1-4H3. The van der Waals surface area contributed by atoms with Crippen LogP contribution in [0, 0.1) is 19.8 Å². The smallest absolute Gasteiger partial charge is 0.176 e. The summed E-state index contributed by atoms with van der Waals surface area (Å²) in [5.41, 5.74) is 3.30. The molecule has 0 heterocycles. The van der Waals surface area contributed by atoms with E-state index in [2.05, 4.69) is 32.7 Å². The zero-order chi connectivity index (χ0) is 14.7. The zero-order valence-electron chi connectivity index (χ0n) is 13.3. The Balaban J connectivity index is 1.95. The number of carbonyl (C=O) groups is 1. The fourth-order valence-corrected chi connectivity index (χ4v) is 3.05. The van der Waals surface area contributed by atoms with Crippen LogP contribution in [-0.4, -0.2) is 30.3 Å². The van der Waals surface area contributed by atoms with Gasteiger partial charge in [0.25, 0.3) is 0 Å². The maximum atomic E-state index is 12.4. The van der Waals surface area contributed by atoms with Gasteiger partial charge in [-0.15, -0.1) is 0 Å². The van der Waals surface area contributed by atoms with Crippen molar-refractivity contribution in [1.29, 1.82) is 0 Å². The van der Waals surface area contributed by atoms with E-state index in [1.54, 1.807) is 0 Å². The molecule has 1 fully saturated rings. The van der Waals surface area contributed by atoms with Gasteiger partial charge in [0.05, 0.1) is 6.54 Å². The van der Waals surface area contributed by atoms with Gasteiger partial charge in [0.1, 0.15) is 0 Å². The minimum Gasteiger partial charge on any atom is -0.296 e. The Morgan fingerprint density at radius 1 is 1.15 bits per heavy atom. The first kappa shape index (κ1) is 15.2. The fraction of sp³-hybridized carbons (Fsp3) is 0.611. The molecule has 0 atom stereocenters. The van der Waals surface area contributed by atoms with E-state index in [4.69, 9.17) is 0 Å². The average molecular weight is 273 g/mol. The minimum atomic E-state index is 0.245. The van der Waals surface area contributed by atoms with Gasteiger partial charge in [-0.1, -0.05) is 19.1 Å². The van der Waals surface area contributed by atoms with Crippen LogP contribution >= 0.6 is 0 Å². The van der Waals surface area contributed by atoms with Crippen LogP contribution in [0.25, 0.3) is 0 Å². The molecule has 110 valence electrons. The normalized spacial score (nSPS) is 23.1. The number of hydrogen-bond acceptors (Lipinski definition) is 2. The Kier molecular flexibility index (Phi) is 4.98. The molecule has 1 aliphatic carbocycles. The molecule has 20 heavy (non-hydrogen) atoms. The van der Waals surface area contributed by atoms with Gasteiger partial charge in [0, 0.05) is 11.6 Å². The number of likely N-dealkylation sites (N-methyl/N-ethyl adjacent to an activating group) is 1. The monoisotopic (exact) mass is 273 g/mol. The highest BCUT2D eigenvalue weighted by molar-refractivity contribution is 5.97. The van der Waals surface area contributed by atoms with Crippen molar-refractivity contribution in [3.05, 3.63) is 34.9 Å². The Hall–Kier alpha value is -1.15. The second kappa shape index (κ2) is 6.53. The molecule has 2 nitrogen and oxygen atoms in total. The number of nitrogens with zero attached hydrogens (tertiary/aromatic N) is 1. The molecular formula is C18H27NO. The third kappa shape index (κ3) is 3.69. The molecule has 0 spiro atoms. The van der Waals surface area contributed by atoms with E-state index in [0.29, 0.717) is 12.6 Å². The number of rotatable bonds is 4. The molecule has 1 saturated carbocycles. The molecule has 0 bridgehead atoms. The maximum absolute atomic E-state index is 12.4. The van der Waals surface area contributed by atoms with E-state index in [9.17, 15) is 4.79 Å². The minimum absolute atomic E-state index is 0.245. The van der Waals surface area contributed by atoms with Gasteiger partial charge >= 0.3 is 0 Å². The predicted molar refractivity (Wildman–Crippen MR) is 84.3 cm³/mol. The summed E-state index contributed by atoms with van der Waals surface area (Å²) in [4.78, 5) is 14.6. The largest absolute Gasteiger partial charge is 0.296 e. The summed E-state index contributed by atoms with van der Waals surface area (Å²) in [5, 5.41) is 0. The van der Waals surface area contributed by atoms with Gasteiger partial charge in [0.2, 0.25) is 0 Å². The fourth-order valence-electron chi connectivity index (χ4n) is 3.05. The van der Waals surface area contributed by atoms with Crippen molar-refractivity contribution in [2.75, 3.05) is 13.6 Å². The van der Waals surface area contributed by atoms with Gasteiger partial charge in [-0.05, 0) is 69.7 Å². The Labute approximate surface area is 123 Å². The first-order chi connectivity index (χ1) is 9.47. The highest BCUT2D eigenvalue weighted by atomic mass is 16.1. The van der Waals surface area contributed by atoms with Gasteiger partial charge in [0.15, 0.2) is 5.78 Å². The van der Waals surface area contributed by atoms with Crippen molar-refractivity contribution in [2.24, 2.45) is 5.92 Å². The lowest BCUT2D eigenvalue weighted by atomic mass is 9.86. The van der Waals surface area contributed by atoms with E-state index < -0.39 is 0 Å². The van der Waals surface area contributed by atoms with E-state index in [1.165, 1.54) is 36.8 Å². The lowest BCUT2D eigenvalue weighted by Gasteiger charge is -2.33. The zero-order valence-corrected chi connectivity index (χ0v) is 13.3. The molecule has 0 radical (unpaired) electrons. The highest BCUT2D eigenvalue weighted by Crippen LogP contribution is 2.26. The molecule has 0 saturated heterocycles.